The van der Waals surface area contributed by atoms with Crippen molar-refractivity contribution in [2.45, 2.75) is 12.3 Å². The quantitative estimate of drug-likeness (QED) is 0.687. The number of carbonyl (C=O) groups excluding carboxylic acids is 1. The van der Waals surface area contributed by atoms with Gasteiger partial charge in [0.25, 0.3) is 0 Å². The Labute approximate surface area is 170 Å². The van der Waals surface area contributed by atoms with Gasteiger partial charge in [0, 0.05) is 28.4 Å². The topological polar surface area (TPSA) is 29.1 Å². The van der Waals surface area contributed by atoms with E-state index in [-0.39, 0.29) is 28.9 Å². The summed E-state index contributed by atoms with van der Waals surface area (Å²) in [6, 6.07) is 8.15. The molecule has 2 aliphatic carbocycles. The summed E-state index contributed by atoms with van der Waals surface area (Å²) in [5.41, 5.74) is 2.08. The third-order valence-corrected chi connectivity index (χ3v) is 4.40. The third-order valence-electron chi connectivity index (χ3n) is 3.87. The van der Waals surface area contributed by atoms with Gasteiger partial charge >= 0.3 is 17.1 Å². The molecule has 25 heavy (non-hydrogen) atoms. The van der Waals surface area contributed by atoms with Gasteiger partial charge in [0.2, 0.25) is 5.91 Å². The molecule has 126 valence electrons. The molecule has 2 fully saturated rings. The van der Waals surface area contributed by atoms with Gasteiger partial charge < -0.3 is 5.32 Å². The van der Waals surface area contributed by atoms with Crippen molar-refractivity contribution in [3.05, 3.63) is 110 Å². The molecular formula is C21H18BrFeNO+2. The van der Waals surface area contributed by atoms with Gasteiger partial charge in [-0.05, 0) is 75.5 Å². The van der Waals surface area contributed by atoms with E-state index in [1.807, 2.05) is 69.9 Å². The molecule has 1 heterocycles. The number of nitrogens with one attached hydrogen (secondary N) is 1. The fourth-order valence-corrected chi connectivity index (χ4v) is 2.93. The zero-order chi connectivity index (χ0) is 16.8. The average molecular weight is 436 g/mol. The Morgan fingerprint density at radius 3 is 2.00 bits per heavy atom. The van der Waals surface area contributed by atoms with Crippen LogP contribution in [0, 0.1) is 63.7 Å². The van der Waals surface area contributed by atoms with Crippen molar-refractivity contribution >= 4 is 21.8 Å². The molecule has 1 unspecified atom stereocenters. The van der Waals surface area contributed by atoms with Crippen molar-refractivity contribution < 1.29 is 21.9 Å². The van der Waals surface area contributed by atoms with Crippen molar-refractivity contribution in [1.82, 2.24) is 5.32 Å². The fourth-order valence-electron chi connectivity index (χ4n) is 2.67. The second kappa shape index (κ2) is 10.5. The second-order valence-electron chi connectivity index (χ2n) is 5.63. The fraction of sp³-hybridized carbons (Fsp3) is 0.0952. The van der Waals surface area contributed by atoms with E-state index in [1.54, 1.807) is 0 Å². The average Bonchev–Trinajstić information content (AvgIpc) is 3.31. The summed E-state index contributed by atoms with van der Waals surface area (Å²) >= 11 is 3.43. The van der Waals surface area contributed by atoms with E-state index in [9.17, 15) is 4.79 Å². The molecule has 10 radical (unpaired) electrons. The van der Waals surface area contributed by atoms with Crippen LogP contribution in [0.5, 0.6) is 0 Å². The van der Waals surface area contributed by atoms with Crippen molar-refractivity contribution in [3.8, 4) is 0 Å². The zero-order valence-corrected chi connectivity index (χ0v) is 16.2. The molecule has 4 heteroatoms. The van der Waals surface area contributed by atoms with Crippen LogP contribution in [0.3, 0.4) is 0 Å². The SMILES string of the molecule is O=C1CC(c2ccc(Br)cc2)C=C([C]2[CH][CH][CH][CH]2)N1.[CH]1[CH][CH][CH][CH]1.[Fe+2]. The molecule has 2 nitrogen and oxygen atoms in total. The summed E-state index contributed by atoms with van der Waals surface area (Å²) in [6.07, 6.45) is 20.6. The molecule has 1 amide bonds. The largest absolute Gasteiger partial charge is 2.00 e. The molecule has 1 N–H and O–H groups in total. The van der Waals surface area contributed by atoms with Crippen LogP contribution in [0.15, 0.2) is 40.5 Å². The van der Waals surface area contributed by atoms with Gasteiger partial charge in [-0.15, -0.1) is 0 Å². The molecule has 0 bridgehead atoms. The Hall–Kier alpha value is -0.571. The minimum atomic E-state index is 0. The monoisotopic (exact) mass is 435 g/mol. The number of halogens is 1. The number of rotatable bonds is 2. The van der Waals surface area contributed by atoms with Gasteiger partial charge in [0.1, 0.15) is 0 Å². The van der Waals surface area contributed by atoms with Crippen LogP contribution in [0.4, 0.5) is 0 Å². The van der Waals surface area contributed by atoms with E-state index in [0.29, 0.717) is 6.42 Å². The van der Waals surface area contributed by atoms with Crippen LogP contribution < -0.4 is 5.32 Å². The van der Waals surface area contributed by atoms with E-state index in [1.165, 1.54) is 5.56 Å². The first-order valence-corrected chi connectivity index (χ1v) is 8.67. The zero-order valence-electron chi connectivity index (χ0n) is 13.5. The first kappa shape index (κ1) is 20.7. The second-order valence-corrected chi connectivity index (χ2v) is 6.54. The molecule has 1 aromatic rings. The predicted molar refractivity (Wildman–Crippen MR) is 99.7 cm³/mol. The molecule has 0 saturated heterocycles. The van der Waals surface area contributed by atoms with E-state index < -0.39 is 0 Å². The summed E-state index contributed by atoms with van der Waals surface area (Å²) in [6.45, 7) is 0. The third kappa shape index (κ3) is 6.27. The maximum atomic E-state index is 11.9. The van der Waals surface area contributed by atoms with Crippen molar-refractivity contribution in [2.75, 3.05) is 0 Å². The Balaban J connectivity index is 0.000000325. The molecule has 1 aliphatic heterocycles. The van der Waals surface area contributed by atoms with Crippen LogP contribution in [0.25, 0.3) is 0 Å². The van der Waals surface area contributed by atoms with Gasteiger partial charge in [-0.3, -0.25) is 4.79 Å². The van der Waals surface area contributed by atoms with E-state index in [2.05, 4.69) is 39.5 Å². The Kier molecular flexibility index (Phi) is 8.75. The van der Waals surface area contributed by atoms with Crippen LogP contribution in [-0.4, -0.2) is 5.91 Å². The predicted octanol–water partition coefficient (Wildman–Crippen LogP) is 4.36. The molecule has 0 aromatic heterocycles. The minimum Gasteiger partial charge on any atom is -0.329 e. The van der Waals surface area contributed by atoms with Gasteiger partial charge in [0.15, 0.2) is 0 Å². The standard InChI is InChI=1S/C16H13BrNO.C5H5.Fe/c17-14-7-5-11(6-8-14)13-9-15(18-16(19)10-13)12-3-1-2-4-12;1-2-4-5-3-1;/h1-9,13H,10H2,(H,18,19);1-5H;/q;;+2. The number of benzene rings is 1. The molecule has 1 aromatic carbocycles. The maximum Gasteiger partial charge on any atom is 2.00 e. The number of hydrogen-bond acceptors (Lipinski definition) is 1. The van der Waals surface area contributed by atoms with Gasteiger partial charge in [-0.1, -0.05) is 34.1 Å². The van der Waals surface area contributed by atoms with Crippen molar-refractivity contribution in [3.63, 3.8) is 0 Å². The minimum absolute atomic E-state index is 0. The molecule has 3 aliphatic rings. The summed E-state index contributed by atoms with van der Waals surface area (Å²) in [4.78, 5) is 11.9. The number of hydrogen-bond donors (Lipinski definition) is 1. The van der Waals surface area contributed by atoms with Crippen molar-refractivity contribution in [2.24, 2.45) is 0 Å². The van der Waals surface area contributed by atoms with E-state index in [0.717, 1.165) is 16.1 Å². The molecule has 2 saturated carbocycles. The summed E-state index contributed by atoms with van der Waals surface area (Å²) in [5, 5.41) is 2.94. The van der Waals surface area contributed by atoms with Crippen LogP contribution in [-0.2, 0) is 21.9 Å². The Morgan fingerprint density at radius 1 is 0.880 bits per heavy atom. The molecule has 4 rings (SSSR count). The normalized spacial score (nSPS) is 23.2. The first-order chi connectivity index (χ1) is 11.7. The Bertz CT molecular complexity index is 566. The maximum absolute atomic E-state index is 11.9. The number of carbonyl (C=O) groups is 1. The van der Waals surface area contributed by atoms with Crippen molar-refractivity contribution in [1.29, 1.82) is 0 Å². The summed E-state index contributed by atoms with van der Waals surface area (Å²) in [7, 11) is 0. The molecule has 1 atom stereocenters. The Morgan fingerprint density at radius 2 is 1.44 bits per heavy atom. The molecule has 0 spiro atoms. The van der Waals surface area contributed by atoms with E-state index >= 15 is 0 Å². The van der Waals surface area contributed by atoms with Crippen LogP contribution >= 0.6 is 15.9 Å². The summed E-state index contributed by atoms with van der Waals surface area (Å²) < 4.78 is 1.05. The molecular weight excluding hydrogens is 418 g/mol. The van der Waals surface area contributed by atoms with Crippen LogP contribution in [0.1, 0.15) is 17.9 Å². The smallest absolute Gasteiger partial charge is 0.329 e. The van der Waals surface area contributed by atoms with E-state index in [4.69, 9.17) is 0 Å². The summed E-state index contributed by atoms with van der Waals surface area (Å²) in [5.74, 6) is 1.29. The van der Waals surface area contributed by atoms with Crippen LogP contribution in [0.2, 0.25) is 0 Å². The van der Waals surface area contributed by atoms with Gasteiger partial charge in [0.05, 0.1) is 0 Å². The number of amides is 1. The van der Waals surface area contributed by atoms with Gasteiger partial charge in [-0.2, -0.15) is 0 Å². The van der Waals surface area contributed by atoms with Gasteiger partial charge in [-0.25, -0.2) is 0 Å². The first-order valence-electron chi connectivity index (χ1n) is 7.88. The number of allylic oxidation sites excluding steroid dienone is 2.